The van der Waals surface area contributed by atoms with Crippen molar-refractivity contribution in [2.24, 2.45) is 46.3 Å². The average molecular weight is 933 g/mol. The SMILES string of the molecule is CC1CCCC1.CC1CCCCC1.CCCC(C)C.CCCCCC.CCCCCCC.[2H]C([2H])([2H])C(C([2H])([2H])[2H])(C([2H])([2H])[2H])C([2H])([2H])C.[2H]C([2H])([2H])C(CC)(C([2H])([2H])[2H])C([2H])([2H])[2H].[2H]C([2H])([2H])C(CC)C([2H])([2H])[2H].[2H]C([2H])([2H])C([2H])(C([2H])([2H])[2H])C([2H])([2H])C.[2H]C([2H])([2H])C([2H])(CC)C([2H])([2H])[2H].[2H]C([2H])([2H])CC. The van der Waals surface area contributed by atoms with E-state index < -0.39 is 137 Å². The second-order valence-corrected chi connectivity index (χ2v) is 16.1. The molecule has 0 aromatic rings. The monoisotopic (exact) mass is 932 g/mol. The Morgan fingerprint density at radius 1 is 0.484 bits per heavy atom. The van der Waals surface area contributed by atoms with Gasteiger partial charge in [0.25, 0.3) is 0 Å². The Bertz CT molecular complexity index is 1940. The molecule has 2 aliphatic rings. The topological polar surface area (TPSA) is 0 Å². The van der Waals surface area contributed by atoms with E-state index in [1.807, 2.05) is 0 Å². The van der Waals surface area contributed by atoms with E-state index in [-0.39, 0.29) is 19.3 Å². The van der Waals surface area contributed by atoms with Crippen molar-refractivity contribution in [2.75, 3.05) is 0 Å². The second-order valence-electron chi connectivity index (χ2n) is 16.1. The summed E-state index contributed by atoms with van der Waals surface area (Å²) in [6.07, 6.45) is 22.9. The Labute approximate surface area is 468 Å². The van der Waals surface area contributed by atoms with Crippen LogP contribution in [0.3, 0.4) is 0 Å². The van der Waals surface area contributed by atoms with Crippen molar-refractivity contribution >= 4 is 0 Å². The maximum absolute atomic E-state index is 7.39. The molecule has 0 spiro atoms. The van der Waals surface area contributed by atoms with Gasteiger partial charge in [0.15, 0.2) is 0 Å². The zero-order valence-electron chi connectivity index (χ0n) is 88.8. The zero-order valence-corrected chi connectivity index (χ0v) is 43.8. The fourth-order valence-corrected chi connectivity index (χ4v) is 4.19. The van der Waals surface area contributed by atoms with Crippen LogP contribution in [0.25, 0.3) is 0 Å². The van der Waals surface area contributed by atoms with Crippen LogP contribution in [0, 0.1) is 46.3 Å². The Kier molecular flexibility index (Phi) is 27.1. The standard InChI is InChI=1S/C7H14.C7H16.C6H12.4C6H14.3C5H12.C3H8/c1-7-5-3-2-4-6-7;1-3-5-7-6-4-2;1-6-4-2-3-5-6;2*1-5-6(2,3)4;1-4-5-6(2)3;1-3-5-6-4-2;3*1-4-5(2)3;1-3-2/h7H,2-6H2,1H3;3-7H2,1-2H3;6H,2-5H2,1H3;2*5H2,1-4H3;6H,4-5H2,1-3H3;3-6H2,1-2H3;3*5H,4H2,1-3H3;3H2,1-2H3/i;;;2D3,3D3,4D3,5D2;2D3,3D3,4D3;;;2D3,3D3,4D2,5D;2D3,3D3,5D;2D3,3D3;1D3. The summed E-state index contributed by atoms with van der Waals surface area (Å²) < 4.78 is 317. The van der Waals surface area contributed by atoms with Gasteiger partial charge in [-0.05, 0) is 46.3 Å². The fourth-order valence-electron chi connectivity index (χ4n) is 4.19. The molecule has 0 bridgehead atoms. The van der Waals surface area contributed by atoms with Crippen molar-refractivity contribution in [3.63, 3.8) is 0 Å². The third kappa shape index (κ3) is 153. The molecule has 0 aliphatic heterocycles. The summed E-state index contributed by atoms with van der Waals surface area (Å²) in [5.41, 5.74) is -6.06. The largest absolute Gasteiger partial charge is 0.0656 e. The van der Waals surface area contributed by atoms with Gasteiger partial charge in [-0.3, -0.25) is 0 Å². The first-order chi connectivity index (χ1) is 46.8. The summed E-state index contributed by atoms with van der Waals surface area (Å²) in [5.74, 6) is -3.64. The van der Waals surface area contributed by atoms with E-state index in [0.29, 0.717) is 6.92 Å². The van der Waals surface area contributed by atoms with E-state index >= 15 is 0 Å². The molecule has 0 amide bonds. The lowest BCUT2D eigenvalue weighted by atomic mass is 9.91. The highest BCUT2D eigenvalue weighted by Crippen LogP contribution is 2.23. The van der Waals surface area contributed by atoms with Gasteiger partial charge >= 0.3 is 0 Å². The maximum atomic E-state index is 7.39. The smallest absolute Gasteiger partial charge is 0.0297 e. The highest BCUT2D eigenvalue weighted by Gasteiger charge is 2.07. The minimum Gasteiger partial charge on any atom is -0.0656 e. The third-order valence-corrected chi connectivity index (χ3v) is 8.49. The van der Waals surface area contributed by atoms with Gasteiger partial charge in [0, 0.05) is 61.7 Å². The fraction of sp³-hybridized carbons (Fsp3) is 1.00. The van der Waals surface area contributed by atoms with Gasteiger partial charge in [-0.25, -0.2) is 0 Å². The number of rotatable bonds is 12. The molecule has 2 fully saturated rings. The zero-order chi connectivity index (χ0) is 88.8. The summed E-state index contributed by atoms with van der Waals surface area (Å²) >= 11 is 0. The molecular weight excluding hydrogens is 745 g/mol. The van der Waals surface area contributed by atoms with Gasteiger partial charge in [0.1, 0.15) is 0 Å². The summed E-state index contributed by atoms with van der Waals surface area (Å²) in [7, 11) is 0. The molecule has 0 heteroatoms. The highest BCUT2D eigenvalue weighted by atomic mass is 14.1. The molecule has 2 saturated carbocycles. The van der Waals surface area contributed by atoms with E-state index in [0.717, 1.165) is 24.7 Å². The van der Waals surface area contributed by atoms with Crippen LogP contribution in [0.1, 0.15) is 421 Å². The molecule has 2 rings (SSSR count). The number of unbranched alkanes of at least 4 members (excludes halogenated alkanes) is 7. The lowest BCUT2D eigenvalue weighted by Crippen LogP contribution is -2.00. The minimum atomic E-state index is -3.48. The van der Waals surface area contributed by atoms with Crippen molar-refractivity contribution < 1.29 is 61.7 Å². The van der Waals surface area contributed by atoms with Crippen LogP contribution < -0.4 is 0 Å². The molecular formula is C62H142. The Hall–Kier alpha value is 0. The molecule has 0 N–H and O–H groups in total. The van der Waals surface area contributed by atoms with Crippen molar-refractivity contribution in [3.05, 3.63) is 0 Å². The van der Waals surface area contributed by atoms with E-state index in [1.54, 1.807) is 13.8 Å². The van der Waals surface area contributed by atoms with E-state index in [4.69, 9.17) is 61.7 Å². The van der Waals surface area contributed by atoms with Crippen molar-refractivity contribution in [2.45, 2.75) is 360 Å². The van der Waals surface area contributed by atoms with Crippen LogP contribution >= 0.6 is 0 Å². The van der Waals surface area contributed by atoms with Crippen LogP contribution in [0.15, 0.2) is 0 Å². The quantitative estimate of drug-likeness (QED) is 0.171. The van der Waals surface area contributed by atoms with Gasteiger partial charge < -0.3 is 0 Å². The first-order valence-corrected chi connectivity index (χ1v) is 24.3. The summed E-state index contributed by atoms with van der Waals surface area (Å²) in [6.45, 7) is -10.2. The van der Waals surface area contributed by atoms with Gasteiger partial charge in [0.2, 0.25) is 0 Å². The molecule has 0 unspecified atom stereocenters. The maximum Gasteiger partial charge on any atom is 0.0297 e. The molecule has 0 atom stereocenters. The summed E-state index contributed by atoms with van der Waals surface area (Å²) in [5, 5.41) is 0. The third-order valence-electron chi connectivity index (χ3n) is 8.49. The summed E-state index contributed by atoms with van der Waals surface area (Å²) in [4.78, 5) is 0. The van der Waals surface area contributed by atoms with Gasteiger partial charge in [-0.1, -0.05) is 360 Å². The van der Waals surface area contributed by atoms with E-state index in [2.05, 4.69) is 62.3 Å². The highest BCUT2D eigenvalue weighted by molar-refractivity contribution is 4.61. The van der Waals surface area contributed by atoms with Crippen molar-refractivity contribution in [1.82, 2.24) is 0 Å². The van der Waals surface area contributed by atoms with Crippen LogP contribution in [0.5, 0.6) is 0 Å². The molecule has 62 heavy (non-hydrogen) atoms. The predicted molar refractivity (Wildman–Crippen MR) is 305 cm³/mol. The summed E-state index contributed by atoms with van der Waals surface area (Å²) in [6, 6.07) is 0. The van der Waals surface area contributed by atoms with Gasteiger partial charge in [-0.15, -0.1) is 0 Å². The first-order valence-electron chi connectivity index (χ1n) is 46.8. The van der Waals surface area contributed by atoms with Crippen molar-refractivity contribution in [3.8, 4) is 0 Å². The Morgan fingerprint density at radius 2 is 0.871 bits per heavy atom. The van der Waals surface area contributed by atoms with E-state index in [9.17, 15) is 0 Å². The molecule has 0 radical (unpaired) electrons. The van der Waals surface area contributed by atoms with Crippen LogP contribution in [-0.4, -0.2) is 0 Å². The van der Waals surface area contributed by atoms with Crippen LogP contribution in [0.2, 0.25) is 0 Å². The predicted octanol–water partition coefficient (Wildman–Crippen LogP) is 25.2. The Balaban J connectivity index is -0.000000144. The van der Waals surface area contributed by atoms with Gasteiger partial charge in [-0.2, -0.15) is 0 Å². The van der Waals surface area contributed by atoms with Gasteiger partial charge in [0.05, 0.1) is 0 Å². The molecule has 2 aliphatic carbocycles. The molecule has 0 heterocycles. The average Bonchev–Trinajstić information content (AvgIpc) is 1.04. The molecule has 0 nitrogen and oxygen atoms in total. The molecule has 0 aromatic carbocycles. The normalized spacial score (nSPS) is 27.3. The minimum absolute atomic E-state index is 0.160. The number of hydrogen-bond acceptors (Lipinski definition) is 0. The molecule has 390 valence electrons. The molecule has 0 saturated heterocycles. The van der Waals surface area contributed by atoms with Crippen LogP contribution in [-0.2, 0) is 0 Å². The van der Waals surface area contributed by atoms with Crippen molar-refractivity contribution in [1.29, 1.82) is 0 Å². The number of hydrogen-bond donors (Lipinski definition) is 0. The van der Waals surface area contributed by atoms with Crippen LogP contribution in [0.4, 0.5) is 0 Å². The van der Waals surface area contributed by atoms with E-state index in [1.165, 1.54) is 142 Å². The Morgan fingerprint density at radius 3 is 0.952 bits per heavy atom. The lowest BCUT2D eigenvalue weighted by Gasteiger charge is -2.15. The second kappa shape index (κ2) is 70.0. The molecule has 0 aromatic heterocycles. The first kappa shape index (κ1) is 24.0. The lowest BCUT2D eigenvalue weighted by molar-refractivity contribution is 0.385.